The number of rotatable bonds is 6. The fourth-order valence-electron chi connectivity index (χ4n) is 3.48. The van der Waals surface area contributed by atoms with Gasteiger partial charge in [-0.1, -0.05) is 36.0 Å². The average Bonchev–Trinajstić information content (AvgIpc) is 3.38. The molecule has 7 heteroatoms. The standard InChI is InChI=1S/C21H24N4O2S/c1-16-8-3-4-10-18(16)20-22-23-21(25(20)14-17-9-7-13-27-17)28-15-19(26)24-11-5-2-6-12-24/h3-4,7-10,13H,2,5-6,11-12,14-15H2,1H3. The Morgan fingerprint density at radius 2 is 1.93 bits per heavy atom. The second-order valence-electron chi connectivity index (χ2n) is 7.02. The fraction of sp³-hybridized carbons (Fsp3) is 0.381. The monoisotopic (exact) mass is 396 g/mol. The van der Waals surface area contributed by atoms with Crippen LogP contribution in [0.2, 0.25) is 0 Å². The van der Waals surface area contributed by atoms with Crippen molar-refractivity contribution < 1.29 is 9.21 Å². The third-order valence-electron chi connectivity index (χ3n) is 5.03. The van der Waals surface area contributed by atoms with Crippen molar-refractivity contribution in [2.75, 3.05) is 18.8 Å². The zero-order valence-electron chi connectivity index (χ0n) is 16.0. The van der Waals surface area contributed by atoms with Gasteiger partial charge in [-0.3, -0.25) is 9.36 Å². The highest BCUT2D eigenvalue weighted by Gasteiger charge is 2.20. The molecule has 0 atom stereocenters. The Labute approximate surface area is 168 Å². The number of nitrogens with zero attached hydrogens (tertiary/aromatic N) is 4. The molecular formula is C21H24N4O2S. The van der Waals surface area contributed by atoms with Crippen LogP contribution in [0.15, 0.2) is 52.2 Å². The third-order valence-corrected chi connectivity index (χ3v) is 5.98. The van der Waals surface area contributed by atoms with Gasteiger partial charge in [0.15, 0.2) is 11.0 Å². The molecule has 28 heavy (non-hydrogen) atoms. The molecule has 0 spiro atoms. The molecule has 0 aliphatic carbocycles. The van der Waals surface area contributed by atoms with E-state index in [1.54, 1.807) is 6.26 Å². The van der Waals surface area contributed by atoms with E-state index in [-0.39, 0.29) is 5.91 Å². The normalized spacial score (nSPS) is 14.4. The summed E-state index contributed by atoms with van der Waals surface area (Å²) in [6.45, 7) is 4.33. The molecular weight excluding hydrogens is 372 g/mol. The van der Waals surface area contributed by atoms with Gasteiger partial charge in [0, 0.05) is 18.7 Å². The number of carbonyl (C=O) groups excluding carboxylic acids is 1. The first-order valence-electron chi connectivity index (χ1n) is 9.64. The number of aromatic nitrogens is 3. The Hall–Kier alpha value is -2.54. The van der Waals surface area contributed by atoms with Gasteiger partial charge in [0.2, 0.25) is 5.91 Å². The molecule has 1 aliphatic heterocycles. The molecule has 1 saturated heterocycles. The lowest BCUT2D eigenvalue weighted by molar-refractivity contribution is -0.129. The van der Waals surface area contributed by atoms with Gasteiger partial charge >= 0.3 is 0 Å². The molecule has 0 N–H and O–H groups in total. The fourth-order valence-corrected chi connectivity index (χ4v) is 4.32. The number of amides is 1. The van der Waals surface area contributed by atoms with E-state index in [1.807, 2.05) is 39.8 Å². The Balaban J connectivity index is 1.58. The molecule has 4 rings (SSSR count). The van der Waals surface area contributed by atoms with Crippen LogP contribution in [0, 0.1) is 6.92 Å². The first-order valence-corrected chi connectivity index (χ1v) is 10.6. The highest BCUT2D eigenvalue weighted by atomic mass is 32.2. The van der Waals surface area contributed by atoms with Gasteiger partial charge in [-0.15, -0.1) is 10.2 Å². The van der Waals surface area contributed by atoms with Crippen molar-refractivity contribution in [3.05, 3.63) is 54.0 Å². The average molecular weight is 397 g/mol. The van der Waals surface area contributed by atoms with Crippen molar-refractivity contribution >= 4 is 17.7 Å². The summed E-state index contributed by atoms with van der Waals surface area (Å²) in [7, 11) is 0. The van der Waals surface area contributed by atoms with Crippen LogP contribution in [0.4, 0.5) is 0 Å². The molecule has 3 aromatic rings. The van der Waals surface area contributed by atoms with Gasteiger partial charge in [0.05, 0.1) is 18.6 Å². The zero-order chi connectivity index (χ0) is 19.3. The molecule has 146 valence electrons. The molecule has 0 bridgehead atoms. The van der Waals surface area contributed by atoms with E-state index in [4.69, 9.17) is 4.42 Å². The summed E-state index contributed by atoms with van der Waals surface area (Å²) < 4.78 is 7.58. The number of hydrogen-bond donors (Lipinski definition) is 0. The number of thioether (sulfide) groups is 1. The zero-order valence-corrected chi connectivity index (χ0v) is 16.8. The van der Waals surface area contributed by atoms with Crippen LogP contribution in [0.3, 0.4) is 0 Å². The van der Waals surface area contributed by atoms with Crippen molar-refractivity contribution in [3.63, 3.8) is 0 Å². The van der Waals surface area contributed by atoms with Gasteiger partial charge in [-0.25, -0.2) is 0 Å². The summed E-state index contributed by atoms with van der Waals surface area (Å²) >= 11 is 1.45. The summed E-state index contributed by atoms with van der Waals surface area (Å²) in [5, 5.41) is 9.57. The van der Waals surface area contributed by atoms with Gasteiger partial charge in [0.1, 0.15) is 5.76 Å². The van der Waals surface area contributed by atoms with Crippen molar-refractivity contribution in [1.29, 1.82) is 0 Å². The topological polar surface area (TPSA) is 64.2 Å². The number of aryl methyl sites for hydroxylation is 1. The number of piperidine rings is 1. The maximum atomic E-state index is 12.6. The van der Waals surface area contributed by atoms with E-state index in [2.05, 4.69) is 23.2 Å². The van der Waals surface area contributed by atoms with E-state index in [0.717, 1.165) is 53.8 Å². The largest absolute Gasteiger partial charge is 0.467 e. The summed E-state index contributed by atoms with van der Waals surface area (Å²) in [6.07, 6.45) is 5.08. The molecule has 0 saturated carbocycles. The summed E-state index contributed by atoms with van der Waals surface area (Å²) in [6, 6.07) is 11.9. The quantitative estimate of drug-likeness (QED) is 0.589. The number of carbonyl (C=O) groups is 1. The minimum atomic E-state index is 0.176. The number of hydrogen-bond acceptors (Lipinski definition) is 5. The number of benzene rings is 1. The van der Waals surface area contributed by atoms with Crippen molar-refractivity contribution in [2.45, 2.75) is 37.9 Å². The van der Waals surface area contributed by atoms with Crippen LogP contribution < -0.4 is 0 Å². The minimum absolute atomic E-state index is 0.176. The Morgan fingerprint density at radius 3 is 2.68 bits per heavy atom. The minimum Gasteiger partial charge on any atom is -0.467 e. The van der Waals surface area contributed by atoms with Crippen molar-refractivity contribution in [1.82, 2.24) is 19.7 Å². The SMILES string of the molecule is Cc1ccccc1-c1nnc(SCC(=O)N2CCCCC2)n1Cc1ccco1. The van der Waals surface area contributed by atoms with Crippen LogP contribution in [0.5, 0.6) is 0 Å². The van der Waals surface area contributed by atoms with Crippen LogP contribution in [-0.4, -0.2) is 44.4 Å². The second kappa shape index (κ2) is 8.65. The summed E-state index contributed by atoms with van der Waals surface area (Å²) in [4.78, 5) is 14.5. The van der Waals surface area contributed by atoms with E-state index in [1.165, 1.54) is 18.2 Å². The molecule has 0 unspecified atom stereocenters. The molecule has 0 radical (unpaired) electrons. The molecule has 1 aliphatic rings. The van der Waals surface area contributed by atoms with E-state index >= 15 is 0 Å². The van der Waals surface area contributed by atoms with Crippen LogP contribution in [0.25, 0.3) is 11.4 Å². The van der Waals surface area contributed by atoms with Gasteiger partial charge in [-0.05, 0) is 43.9 Å². The van der Waals surface area contributed by atoms with Crippen LogP contribution in [0.1, 0.15) is 30.6 Å². The van der Waals surface area contributed by atoms with Crippen LogP contribution >= 0.6 is 11.8 Å². The van der Waals surface area contributed by atoms with Crippen molar-refractivity contribution in [3.8, 4) is 11.4 Å². The first kappa shape index (κ1) is 18.8. The predicted octanol–water partition coefficient (Wildman–Crippen LogP) is 4.00. The number of furan rings is 1. The third kappa shape index (κ3) is 4.14. The van der Waals surface area contributed by atoms with Crippen molar-refractivity contribution in [2.24, 2.45) is 0 Å². The van der Waals surface area contributed by atoms with E-state index in [0.29, 0.717) is 12.3 Å². The molecule has 3 heterocycles. The van der Waals surface area contributed by atoms with E-state index < -0.39 is 0 Å². The van der Waals surface area contributed by atoms with Crippen LogP contribution in [-0.2, 0) is 11.3 Å². The number of likely N-dealkylation sites (tertiary alicyclic amines) is 1. The lowest BCUT2D eigenvalue weighted by atomic mass is 10.1. The van der Waals surface area contributed by atoms with Gasteiger partial charge < -0.3 is 9.32 Å². The first-order chi connectivity index (χ1) is 13.7. The Kier molecular flexibility index (Phi) is 5.81. The smallest absolute Gasteiger partial charge is 0.233 e. The molecule has 1 aromatic carbocycles. The maximum absolute atomic E-state index is 12.6. The van der Waals surface area contributed by atoms with Gasteiger partial charge in [-0.2, -0.15) is 0 Å². The molecule has 1 amide bonds. The highest BCUT2D eigenvalue weighted by molar-refractivity contribution is 7.99. The van der Waals surface area contributed by atoms with Gasteiger partial charge in [0.25, 0.3) is 0 Å². The molecule has 6 nitrogen and oxygen atoms in total. The highest BCUT2D eigenvalue weighted by Crippen LogP contribution is 2.27. The molecule has 1 fully saturated rings. The Bertz CT molecular complexity index is 930. The Morgan fingerprint density at radius 1 is 1.11 bits per heavy atom. The molecule has 2 aromatic heterocycles. The second-order valence-corrected chi connectivity index (χ2v) is 7.96. The summed E-state index contributed by atoms with van der Waals surface area (Å²) in [5.74, 6) is 2.18. The maximum Gasteiger partial charge on any atom is 0.233 e. The lowest BCUT2D eigenvalue weighted by Gasteiger charge is -2.26. The summed E-state index contributed by atoms with van der Waals surface area (Å²) in [5.41, 5.74) is 2.17. The van der Waals surface area contributed by atoms with E-state index in [9.17, 15) is 4.79 Å². The lowest BCUT2D eigenvalue weighted by Crippen LogP contribution is -2.36. The predicted molar refractivity (Wildman–Crippen MR) is 109 cm³/mol.